The molecule has 2 aromatic rings. The third kappa shape index (κ3) is 3.17. The number of nitrogen functional groups attached to an aromatic ring is 1. The number of ether oxygens (including phenoxy) is 1. The number of hydrogen-bond acceptors (Lipinski definition) is 4. The fourth-order valence-corrected chi connectivity index (χ4v) is 2.28. The second-order valence-electron chi connectivity index (χ2n) is 5.50. The van der Waals surface area contributed by atoms with Gasteiger partial charge < -0.3 is 10.5 Å². The topological polar surface area (TPSA) is 69.4 Å². The summed E-state index contributed by atoms with van der Waals surface area (Å²) in [5.41, 5.74) is 7.94. The quantitative estimate of drug-likeness (QED) is 0.522. The van der Waals surface area contributed by atoms with E-state index in [0.717, 1.165) is 18.4 Å². The number of rotatable bonds is 5. The van der Waals surface area contributed by atoms with Gasteiger partial charge in [-0.15, -0.1) is 0 Å². The van der Waals surface area contributed by atoms with Crippen LogP contribution in [0.2, 0.25) is 0 Å². The Morgan fingerprint density at radius 3 is 2.27 bits per heavy atom. The lowest BCUT2D eigenvalue weighted by atomic mass is 10.0. The Morgan fingerprint density at radius 1 is 1.00 bits per heavy atom. The van der Waals surface area contributed by atoms with Crippen molar-refractivity contribution in [3.8, 4) is 0 Å². The van der Waals surface area contributed by atoms with Crippen LogP contribution in [0.5, 0.6) is 0 Å². The molecular formula is C18H17NO3. The molecule has 0 atom stereocenters. The Kier molecular flexibility index (Phi) is 3.92. The number of anilines is 1. The molecule has 22 heavy (non-hydrogen) atoms. The first kappa shape index (κ1) is 14.3. The summed E-state index contributed by atoms with van der Waals surface area (Å²) in [6, 6.07) is 14.0. The molecule has 0 heterocycles. The molecule has 1 fully saturated rings. The van der Waals surface area contributed by atoms with Gasteiger partial charge in [-0.1, -0.05) is 30.3 Å². The van der Waals surface area contributed by atoms with Crippen LogP contribution < -0.4 is 5.73 Å². The zero-order valence-corrected chi connectivity index (χ0v) is 12.1. The van der Waals surface area contributed by atoms with Gasteiger partial charge in [0.05, 0.1) is 5.56 Å². The van der Waals surface area contributed by atoms with E-state index in [1.54, 1.807) is 36.4 Å². The summed E-state index contributed by atoms with van der Waals surface area (Å²) in [4.78, 5) is 24.5. The molecule has 1 aliphatic rings. The molecule has 0 radical (unpaired) electrons. The van der Waals surface area contributed by atoms with Gasteiger partial charge in [0.2, 0.25) is 0 Å². The molecule has 0 bridgehead atoms. The highest BCUT2D eigenvalue weighted by Gasteiger charge is 2.32. The molecule has 4 heteroatoms. The number of carbonyl (C=O) groups excluding carboxylic acids is 2. The molecule has 1 aliphatic carbocycles. The average Bonchev–Trinajstić information content (AvgIpc) is 3.38. The van der Waals surface area contributed by atoms with Crippen molar-refractivity contribution in [2.24, 2.45) is 5.92 Å². The number of nitrogens with two attached hydrogens (primary N) is 1. The van der Waals surface area contributed by atoms with Crippen LogP contribution in [0, 0.1) is 5.92 Å². The van der Waals surface area contributed by atoms with E-state index in [1.807, 2.05) is 12.1 Å². The molecule has 0 unspecified atom stereocenters. The molecule has 1 saturated carbocycles. The summed E-state index contributed by atoms with van der Waals surface area (Å²) in [7, 11) is 0. The van der Waals surface area contributed by atoms with E-state index in [1.165, 1.54) is 0 Å². The predicted molar refractivity (Wildman–Crippen MR) is 83.5 cm³/mol. The maximum absolute atomic E-state index is 12.3. The smallest absolute Gasteiger partial charge is 0.339 e. The van der Waals surface area contributed by atoms with Crippen LogP contribution in [-0.4, -0.2) is 11.8 Å². The minimum atomic E-state index is -0.471. The van der Waals surface area contributed by atoms with Crippen molar-refractivity contribution in [1.82, 2.24) is 0 Å². The fraction of sp³-hybridized carbons (Fsp3) is 0.222. The maximum Gasteiger partial charge on any atom is 0.339 e. The van der Waals surface area contributed by atoms with Gasteiger partial charge in [-0.05, 0) is 36.6 Å². The summed E-state index contributed by atoms with van der Waals surface area (Å²) >= 11 is 0. The third-order valence-electron chi connectivity index (χ3n) is 3.71. The molecular weight excluding hydrogens is 278 g/mol. The number of ketones is 1. The van der Waals surface area contributed by atoms with Crippen molar-refractivity contribution in [3.05, 3.63) is 65.2 Å². The van der Waals surface area contributed by atoms with Gasteiger partial charge in [0.15, 0.2) is 5.78 Å². The number of esters is 1. The molecule has 3 rings (SSSR count). The van der Waals surface area contributed by atoms with Gasteiger partial charge in [-0.3, -0.25) is 4.79 Å². The van der Waals surface area contributed by atoms with Gasteiger partial charge >= 0.3 is 5.97 Å². The number of benzene rings is 2. The van der Waals surface area contributed by atoms with Crippen molar-refractivity contribution in [3.63, 3.8) is 0 Å². The largest absolute Gasteiger partial charge is 0.457 e. The number of hydrogen-bond donors (Lipinski definition) is 1. The predicted octanol–water partition coefficient (Wildman–Crippen LogP) is 3.22. The zero-order valence-electron chi connectivity index (χ0n) is 12.1. The lowest BCUT2D eigenvalue weighted by Crippen LogP contribution is -2.13. The molecule has 112 valence electrons. The van der Waals surface area contributed by atoms with E-state index in [9.17, 15) is 9.59 Å². The SMILES string of the molecule is Nc1ccc(COC(=O)c2ccccc2C(=O)C2CC2)cc1. The van der Waals surface area contributed by atoms with E-state index in [0.29, 0.717) is 16.8 Å². The average molecular weight is 295 g/mol. The molecule has 0 aromatic heterocycles. The minimum Gasteiger partial charge on any atom is -0.457 e. The van der Waals surface area contributed by atoms with Crippen LogP contribution >= 0.6 is 0 Å². The first-order valence-corrected chi connectivity index (χ1v) is 7.30. The second kappa shape index (κ2) is 6.02. The van der Waals surface area contributed by atoms with Crippen LogP contribution in [0.3, 0.4) is 0 Å². The molecule has 2 N–H and O–H groups in total. The normalized spacial score (nSPS) is 13.6. The lowest BCUT2D eigenvalue weighted by Gasteiger charge is -2.09. The first-order valence-electron chi connectivity index (χ1n) is 7.30. The molecule has 0 spiro atoms. The molecule has 4 nitrogen and oxygen atoms in total. The van der Waals surface area contributed by atoms with Gasteiger partial charge in [-0.2, -0.15) is 0 Å². The van der Waals surface area contributed by atoms with E-state index < -0.39 is 5.97 Å². The van der Waals surface area contributed by atoms with Crippen LogP contribution in [-0.2, 0) is 11.3 Å². The van der Waals surface area contributed by atoms with Crippen molar-refractivity contribution in [2.75, 3.05) is 5.73 Å². The fourth-order valence-electron chi connectivity index (χ4n) is 2.28. The Bertz CT molecular complexity index is 703. The van der Waals surface area contributed by atoms with Crippen LogP contribution in [0.4, 0.5) is 5.69 Å². The summed E-state index contributed by atoms with van der Waals surface area (Å²) < 4.78 is 5.31. The van der Waals surface area contributed by atoms with Crippen molar-refractivity contribution >= 4 is 17.4 Å². The van der Waals surface area contributed by atoms with E-state index in [2.05, 4.69) is 0 Å². The molecule has 0 aliphatic heterocycles. The third-order valence-corrected chi connectivity index (χ3v) is 3.71. The number of Topliss-reactive ketones (excluding diaryl/α,β-unsaturated/α-hetero) is 1. The van der Waals surface area contributed by atoms with Crippen molar-refractivity contribution < 1.29 is 14.3 Å². The van der Waals surface area contributed by atoms with E-state index in [-0.39, 0.29) is 18.3 Å². The second-order valence-corrected chi connectivity index (χ2v) is 5.50. The summed E-state index contributed by atoms with van der Waals surface area (Å²) in [6.45, 7) is 0.158. The Balaban J connectivity index is 1.72. The number of carbonyl (C=O) groups is 2. The summed E-state index contributed by atoms with van der Waals surface area (Å²) in [5, 5.41) is 0. The van der Waals surface area contributed by atoms with Crippen molar-refractivity contribution in [1.29, 1.82) is 0 Å². The van der Waals surface area contributed by atoms with Crippen LogP contribution in [0.25, 0.3) is 0 Å². The van der Waals surface area contributed by atoms with Gasteiger partial charge in [0.1, 0.15) is 6.61 Å². The lowest BCUT2D eigenvalue weighted by molar-refractivity contribution is 0.0469. The maximum atomic E-state index is 12.3. The first-order chi connectivity index (χ1) is 10.6. The highest BCUT2D eigenvalue weighted by Crippen LogP contribution is 2.33. The molecule has 2 aromatic carbocycles. The Morgan fingerprint density at radius 2 is 1.64 bits per heavy atom. The van der Waals surface area contributed by atoms with E-state index in [4.69, 9.17) is 10.5 Å². The Labute approximate surface area is 128 Å². The standard InChI is InChI=1S/C18H17NO3/c19-14-9-5-12(6-10-14)11-22-18(21)16-4-2-1-3-15(16)17(20)13-7-8-13/h1-6,9-10,13H,7-8,11,19H2. The minimum absolute atomic E-state index is 0.0417. The van der Waals surface area contributed by atoms with E-state index >= 15 is 0 Å². The summed E-state index contributed by atoms with van der Waals surface area (Å²) in [6.07, 6.45) is 1.82. The van der Waals surface area contributed by atoms with Gasteiger partial charge in [0, 0.05) is 17.2 Å². The van der Waals surface area contributed by atoms with Gasteiger partial charge in [-0.25, -0.2) is 4.79 Å². The highest BCUT2D eigenvalue weighted by molar-refractivity contribution is 6.08. The van der Waals surface area contributed by atoms with Crippen LogP contribution in [0.15, 0.2) is 48.5 Å². The Hall–Kier alpha value is -2.62. The highest BCUT2D eigenvalue weighted by atomic mass is 16.5. The van der Waals surface area contributed by atoms with Gasteiger partial charge in [0.25, 0.3) is 0 Å². The summed E-state index contributed by atoms with van der Waals surface area (Å²) in [5.74, 6) is -0.354. The van der Waals surface area contributed by atoms with Crippen molar-refractivity contribution in [2.45, 2.75) is 19.4 Å². The monoisotopic (exact) mass is 295 g/mol. The zero-order chi connectivity index (χ0) is 15.5. The molecule has 0 saturated heterocycles. The molecule has 0 amide bonds. The van der Waals surface area contributed by atoms with Crippen LogP contribution in [0.1, 0.15) is 39.1 Å².